The van der Waals surface area contributed by atoms with Gasteiger partial charge in [0.2, 0.25) is 0 Å². The van der Waals surface area contributed by atoms with E-state index in [0.717, 1.165) is 48.7 Å². The van der Waals surface area contributed by atoms with E-state index in [1.165, 1.54) is 11.8 Å². The first-order valence-corrected chi connectivity index (χ1v) is 12.2. The Bertz CT molecular complexity index is 1030. The van der Waals surface area contributed by atoms with Gasteiger partial charge < -0.3 is 14.2 Å². The van der Waals surface area contributed by atoms with Gasteiger partial charge in [-0.15, -0.1) is 21.5 Å². The molecule has 162 valence electrons. The van der Waals surface area contributed by atoms with Gasteiger partial charge in [0.05, 0.1) is 10.6 Å². The second-order valence-corrected chi connectivity index (χ2v) is 9.06. The number of hydrogen-bond donors (Lipinski definition) is 0. The first kappa shape index (κ1) is 21.6. The lowest BCUT2D eigenvalue weighted by atomic mass is 10.1. The summed E-state index contributed by atoms with van der Waals surface area (Å²) in [6, 6.07) is 11.3. The number of thioether (sulfide) groups is 1. The van der Waals surface area contributed by atoms with Crippen molar-refractivity contribution in [2.24, 2.45) is 0 Å². The van der Waals surface area contributed by atoms with Crippen LogP contribution >= 0.6 is 23.1 Å². The van der Waals surface area contributed by atoms with Crippen molar-refractivity contribution in [1.82, 2.24) is 19.7 Å². The zero-order chi connectivity index (χ0) is 21.6. The van der Waals surface area contributed by atoms with Crippen LogP contribution in [0.3, 0.4) is 0 Å². The molecule has 1 aliphatic rings. The van der Waals surface area contributed by atoms with E-state index in [1.54, 1.807) is 23.5 Å². The molecule has 0 bridgehead atoms. The van der Waals surface area contributed by atoms with E-state index in [2.05, 4.69) is 10.2 Å². The summed E-state index contributed by atoms with van der Waals surface area (Å²) in [5, 5.41) is 11.2. The van der Waals surface area contributed by atoms with Gasteiger partial charge in [0.1, 0.15) is 6.61 Å². The van der Waals surface area contributed by atoms with Crippen LogP contribution in [0, 0.1) is 0 Å². The molecule has 0 spiro atoms. The summed E-state index contributed by atoms with van der Waals surface area (Å²) in [4.78, 5) is 27.5. The molecule has 0 atom stereocenters. The minimum absolute atomic E-state index is 0.0689. The van der Waals surface area contributed by atoms with Crippen LogP contribution in [0.1, 0.15) is 35.7 Å². The Morgan fingerprint density at radius 2 is 1.90 bits per heavy atom. The lowest BCUT2D eigenvalue weighted by Gasteiger charge is -2.15. The number of carbonyl (C=O) groups is 2. The van der Waals surface area contributed by atoms with Gasteiger partial charge >= 0.3 is 5.97 Å². The summed E-state index contributed by atoms with van der Waals surface area (Å²) in [6.45, 7) is 4.59. The zero-order valence-electron chi connectivity index (χ0n) is 17.3. The molecule has 0 radical (unpaired) electrons. The van der Waals surface area contributed by atoms with Crippen LogP contribution in [0.4, 0.5) is 0 Å². The number of amides is 1. The predicted octanol–water partition coefficient (Wildman–Crippen LogP) is 4.10. The maximum absolute atomic E-state index is 12.4. The van der Waals surface area contributed by atoms with Crippen molar-refractivity contribution in [3.8, 4) is 10.7 Å². The van der Waals surface area contributed by atoms with Crippen LogP contribution in [0.5, 0.6) is 0 Å². The second-order valence-electron chi connectivity index (χ2n) is 7.17. The van der Waals surface area contributed by atoms with Gasteiger partial charge in [-0.1, -0.05) is 30.0 Å². The molecule has 7 nitrogen and oxygen atoms in total. The summed E-state index contributed by atoms with van der Waals surface area (Å²) in [7, 11) is 0. The fourth-order valence-corrected chi connectivity index (χ4v) is 4.96. The van der Waals surface area contributed by atoms with E-state index in [-0.39, 0.29) is 24.2 Å². The summed E-state index contributed by atoms with van der Waals surface area (Å²) >= 11 is 2.93. The van der Waals surface area contributed by atoms with Crippen LogP contribution in [0.25, 0.3) is 10.7 Å². The second kappa shape index (κ2) is 10.1. The largest absolute Gasteiger partial charge is 0.460 e. The first-order chi connectivity index (χ1) is 15.2. The van der Waals surface area contributed by atoms with E-state index >= 15 is 0 Å². The van der Waals surface area contributed by atoms with Gasteiger partial charge in [-0.2, -0.15) is 0 Å². The molecule has 3 heterocycles. The monoisotopic (exact) mass is 456 g/mol. The molecule has 31 heavy (non-hydrogen) atoms. The zero-order valence-corrected chi connectivity index (χ0v) is 19.0. The Morgan fingerprint density at radius 3 is 2.58 bits per heavy atom. The van der Waals surface area contributed by atoms with Crippen LogP contribution in [-0.2, 0) is 22.7 Å². The first-order valence-electron chi connectivity index (χ1n) is 10.3. The Balaban J connectivity index is 1.27. The number of carbonyl (C=O) groups excluding carboxylic acids is 2. The van der Waals surface area contributed by atoms with E-state index in [9.17, 15) is 9.59 Å². The lowest BCUT2D eigenvalue weighted by Crippen LogP contribution is -2.27. The molecule has 0 N–H and O–H groups in total. The SMILES string of the molecule is CCn1c(SCC(=O)OCc2ccc(C(=O)N3CCCC3)cc2)nnc1-c1cccs1. The van der Waals surface area contributed by atoms with Crippen molar-refractivity contribution in [3.05, 3.63) is 52.9 Å². The van der Waals surface area contributed by atoms with Gasteiger partial charge in [0.25, 0.3) is 5.91 Å². The van der Waals surface area contributed by atoms with Crippen LogP contribution in [0.15, 0.2) is 46.9 Å². The number of likely N-dealkylation sites (tertiary alicyclic amines) is 1. The summed E-state index contributed by atoms with van der Waals surface area (Å²) < 4.78 is 7.39. The maximum atomic E-state index is 12.4. The van der Waals surface area contributed by atoms with Crippen molar-refractivity contribution in [2.45, 2.75) is 38.1 Å². The normalized spacial score (nSPS) is 13.5. The minimum atomic E-state index is -0.314. The Hall–Kier alpha value is -2.65. The average Bonchev–Trinajstić information content (AvgIpc) is 3.56. The highest BCUT2D eigenvalue weighted by Gasteiger charge is 2.19. The predicted molar refractivity (Wildman–Crippen MR) is 121 cm³/mol. The summed E-state index contributed by atoms with van der Waals surface area (Å²) in [6.07, 6.45) is 2.14. The number of hydrogen-bond acceptors (Lipinski definition) is 7. The van der Waals surface area contributed by atoms with Gasteiger partial charge in [0.15, 0.2) is 11.0 Å². The molecular formula is C22H24N4O3S2. The Kier molecular flexibility index (Phi) is 7.03. The number of ether oxygens (including phenoxy) is 1. The number of thiophene rings is 1. The molecule has 9 heteroatoms. The van der Waals surface area contributed by atoms with Crippen molar-refractivity contribution in [2.75, 3.05) is 18.8 Å². The molecular weight excluding hydrogens is 432 g/mol. The van der Waals surface area contributed by atoms with E-state index in [1.807, 2.05) is 46.0 Å². The molecule has 4 rings (SSSR count). The summed E-state index contributed by atoms with van der Waals surface area (Å²) in [5.41, 5.74) is 1.53. The number of esters is 1. The molecule has 1 aliphatic heterocycles. The Labute approximate surface area is 189 Å². The third-order valence-electron chi connectivity index (χ3n) is 5.09. The van der Waals surface area contributed by atoms with Crippen molar-refractivity contribution in [3.63, 3.8) is 0 Å². The minimum Gasteiger partial charge on any atom is -0.460 e. The number of benzene rings is 1. The van der Waals surface area contributed by atoms with Gasteiger partial charge in [-0.05, 0) is 48.9 Å². The van der Waals surface area contributed by atoms with E-state index in [4.69, 9.17) is 4.74 Å². The fraction of sp³-hybridized carbons (Fsp3) is 0.364. The molecule has 2 aromatic heterocycles. The molecule has 0 saturated carbocycles. The maximum Gasteiger partial charge on any atom is 0.316 e. The fourth-order valence-electron chi connectivity index (χ4n) is 3.44. The summed E-state index contributed by atoms with van der Waals surface area (Å²) in [5.74, 6) is 0.732. The molecule has 0 unspecified atom stereocenters. The third kappa shape index (κ3) is 5.16. The molecule has 1 fully saturated rings. The van der Waals surface area contributed by atoms with Crippen LogP contribution in [0.2, 0.25) is 0 Å². The van der Waals surface area contributed by atoms with Crippen LogP contribution in [-0.4, -0.2) is 50.4 Å². The molecule has 1 aromatic carbocycles. The molecule has 1 amide bonds. The number of nitrogens with zero attached hydrogens (tertiary/aromatic N) is 4. The number of aromatic nitrogens is 3. The van der Waals surface area contributed by atoms with E-state index in [0.29, 0.717) is 10.7 Å². The molecule has 0 aliphatic carbocycles. The highest BCUT2D eigenvalue weighted by atomic mass is 32.2. The quantitative estimate of drug-likeness (QED) is 0.375. The molecule has 1 saturated heterocycles. The van der Waals surface area contributed by atoms with Crippen molar-refractivity contribution < 1.29 is 14.3 Å². The smallest absolute Gasteiger partial charge is 0.316 e. The van der Waals surface area contributed by atoms with Crippen molar-refractivity contribution in [1.29, 1.82) is 0 Å². The lowest BCUT2D eigenvalue weighted by molar-refractivity contribution is -0.141. The highest BCUT2D eigenvalue weighted by molar-refractivity contribution is 7.99. The van der Waals surface area contributed by atoms with Gasteiger partial charge in [-0.25, -0.2) is 0 Å². The topological polar surface area (TPSA) is 77.3 Å². The molecule has 3 aromatic rings. The highest BCUT2D eigenvalue weighted by Crippen LogP contribution is 2.27. The standard InChI is InChI=1S/C22H24N4O3S2/c1-2-26-20(18-6-5-13-30-18)23-24-22(26)31-15-19(27)29-14-16-7-9-17(10-8-16)21(28)25-11-3-4-12-25/h5-10,13H,2-4,11-12,14-15H2,1H3. The Morgan fingerprint density at radius 1 is 1.13 bits per heavy atom. The van der Waals surface area contributed by atoms with E-state index < -0.39 is 0 Å². The number of rotatable bonds is 8. The van der Waals surface area contributed by atoms with Crippen LogP contribution < -0.4 is 0 Å². The van der Waals surface area contributed by atoms with Crippen molar-refractivity contribution >= 4 is 35.0 Å². The third-order valence-corrected chi connectivity index (χ3v) is 6.89. The van der Waals surface area contributed by atoms with Gasteiger partial charge in [-0.3, -0.25) is 9.59 Å². The van der Waals surface area contributed by atoms with Gasteiger partial charge in [0, 0.05) is 25.2 Å². The average molecular weight is 457 g/mol.